The van der Waals surface area contributed by atoms with Gasteiger partial charge in [0, 0.05) is 12.2 Å². The van der Waals surface area contributed by atoms with E-state index in [0.717, 1.165) is 11.1 Å². The SMILES string of the molecule is CC(C)n1cc(Br)nc1CN1CCCCC1. The third-order valence-electron chi connectivity index (χ3n) is 3.15. The molecule has 1 aromatic heterocycles. The predicted octanol–water partition coefficient (Wildman–Crippen LogP) is 3.21. The molecule has 1 aliphatic rings. The Morgan fingerprint density at radius 3 is 2.62 bits per heavy atom. The maximum atomic E-state index is 4.56. The van der Waals surface area contributed by atoms with Crippen LogP contribution in [0.1, 0.15) is 45.0 Å². The first-order chi connectivity index (χ1) is 7.66. The Kier molecular flexibility index (Phi) is 4.03. The molecule has 1 fully saturated rings. The number of aromatic nitrogens is 2. The van der Waals surface area contributed by atoms with Crippen LogP contribution in [0.25, 0.3) is 0 Å². The summed E-state index contributed by atoms with van der Waals surface area (Å²) in [6, 6.07) is 0.485. The second-order valence-electron chi connectivity index (χ2n) is 4.82. The summed E-state index contributed by atoms with van der Waals surface area (Å²) in [4.78, 5) is 7.08. The Morgan fingerprint density at radius 1 is 1.31 bits per heavy atom. The van der Waals surface area contributed by atoms with Crippen LogP contribution in [0.2, 0.25) is 0 Å². The predicted molar refractivity (Wildman–Crippen MR) is 69.4 cm³/mol. The molecule has 1 aromatic rings. The van der Waals surface area contributed by atoms with Crippen molar-refractivity contribution >= 4 is 15.9 Å². The summed E-state index contributed by atoms with van der Waals surface area (Å²) in [5.74, 6) is 1.18. The van der Waals surface area contributed by atoms with Gasteiger partial charge in [-0.1, -0.05) is 6.42 Å². The largest absolute Gasteiger partial charge is 0.330 e. The molecular weight excluding hydrogens is 266 g/mol. The Labute approximate surface area is 106 Å². The number of imidazole rings is 1. The first kappa shape index (κ1) is 12.1. The molecule has 4 heteroatoms. The van der Waals surface area contributed by atoms with Gasteiger partial charge in [-0.3, -0.25) is 4.90 Å². The van der Waals surface area contributed by atoms with E-state index in [1.54, 1.807) is 0 Å². The van der Waals surface area contributed by atoms with Gasteiger partial charge in [0.15, 0.2) is 0 Å². The summed E-state index contributed by atoms with van der Waals surface area (Å²) >= 11 is 3.47. The van der Waals surface area contributed by atoms with Crippen molar-refractivity contribution in [2.75, 3.05) is 13.1 Å². The number of piperidine rings is 1. The van der Waals surface area contributed by atoms with Gasteiger partial charge < -0.3 is 4.57 Å². The molecule has 0 amide bonds. The third-order valence-corrected chi connectivity index (χ3v) is 3.53. The van der Waals surface area contributed by atoms with Crippen molar-refractivity contribution in [1.29, 1.82) is 0 Å². The van der Waals surface area contributed by atoms with Crippen molar-refractivity contribution in [2.45, 2.75) is 45.7 Å². The van der Waals surface area contributed by atoms with Gasteiger partial charge >= 0.3 is 0 Å². The number of hydrogen-bond acceptors (Lipinski definition) is 2. The highest BCUT2D eigenvalue weighted by Gasteiger charge is 2.15. The molecule has 2 heterocycles. The lowest BCUT2D eigenvalue weighted by atomic mass is 10.1. The Morgan fingerprint density at radius 2 is 2.00 bits per heavy atom. The summed E-state index contributed by atoms with van der Waals surface area (Å²) in [6.45, 7) is 7.84. The monoisotopic (exact) mass is 285 g/mol. The Balaban J connectivity index is 2.07. The van der Waals surface area contributed by atoms with Gasteiger partial charge in [-0.15, -0.1) is 0 Å². The van der Waals surface area contributed by atoms with Gasteiger partial charge in [0.2, 0.25) is 0 Å². The highest BCUT2D eigenvalue weighted by molar-refractivity contribution is 9.10. The quantitative estimate of drug-likeness (QED) is 0.850. The van der Waals surface area contributed by atoms with Crippen LogP contribution in [0.3, 0.4) is 0 Å². The molecule has 0 aromatic carbocycles. The maximum Gasteiger partial charge on any atom is 0.124 e. The molecule has 0 saturated carbocycles. The van der Waals surface area contributed by atoms with Crippen LogP contribution in [0, 0.1) is 0 Å². The van der Waals surface area contributed by atoms with E-state index in [1.807, 2.05) is 0 Å². The van der Waals surface area contributed by atoms with Crippen molar-refractivity contribution in [3.63, 3.8) is 0 Å². The molecule has 1 aliphatic heterocycles. The van der Waals surface area contributed by atoms with Crippen LogP contribution in [0.5, 0.6) is 0 Å². The van der Waals surface area contributed by atoms with Gasteiger partial charge in [-0.05, 0) is 55.7 Å². The average Bonchev–Trinajstić information content (AvgIpc) is 2.61. The van der Waals surface area contributed by atoms with Crippen LogP contribution in [-0.2, 0) is 6.54 Å². The molecule has 0 aliphatic carbocycles. The summed E-state index contributed by atoms with van der Waals surface area (Å²) in [6.07, 6.45) is 6.15. The molecule has 3 nitrogen and oxygen atoms in total. The molecular formula is C12H20BrN3. The van der Waals surface area contributed by atoms with E-state index in [-0.39, 0.29) is 0 Å². The van der Waals surface area contributed by atoms with Gasteiger partial charge in [0.1, 0.15) is 10.4 Å². The van der Waals surface area contributed by atoms with E-state index in [2.05, 4.69) is 50.4 Å². The molecule has 2 rings (SSSR count). The van der Waals surface area contributed by atoms with Crippen molar-refractivity contribution in [1.82, 2.24) is 14.5 Å². The fourth-order valence-electron chi connectivity index (χ4n) is 2.28. The van der Waals surface area contributed by atoms with Crippen LogP contribution < -0.4 is 0 Å². The third kappa shape index (κ3) is 2.86. The van der Waals surface area contributed by atoms with Crippen LogP contribution in [0.4, 0.5) is 0 Å². The van der Waals surface area contributed by atoms with Crippen LogP contribution in [0.15, 0.2) is 10.8 Å². The van der Waals surface area contributed by atoms with Gasteiger partial charge in [-0.25, -0.2) is 4.98 Å². The molecule has 0 bridgehead atoms. The Bertz CT molecular complexity index is 340. The first-order valence-corrected chi connectivity index (χ1v) is 6.91. The average molecular weight is 286 g/mol. The number of rotatable bonds is 3. The lowest BCUT2D eigenvalue weighted by Gasteiger charge is -2.26. The van der Waals surface area contributed by atoms with E-state index >= 15 is 0 Å². The van der Waals surface area contributed by atoms with Gasteiger partial charge in [0.25, 0.3) is 0 Å². The normalized spacial score (nSPS) is 18.2. The maximum absolute atomic E-state index is 4.56. The van der Waals surface area contributed by atoms with Crippen LogP contribution in [-0.4, -0.2) is 27.5 Å². The number of likely N-dealkylation sites (tertiary alicyclic amines) is 1. The zero-order valence-corrected chi connectivity index (χ0v) is 11.7. The summed E-state index contributed by atoms with van der Waals surface area (Å²) in [5.41, 5.74) is 0. The smallest absolute Gasteiger partial charge is 0.124 e. The Hall–Kier alpha value is -0.350. The van der Waals surface area contributed by atoms with E-state index in [4.69, 9.17) is 0 Å². The fraction of sp³-hybridized carbons (Fsp3) is 0.750. The van der Waals surface area contributed by atoms with E-state index in [0.29, 0.717) is 6.04 Å². The molecule has 0 N–H and O–H groups in total. The highest BCUT2D eigenvalue weighted by atomic mass is 79.9. The van der Waals surface area contributed by atoms with E-state index < -0.39 is 0 Å². The minimum atomic E-state index is 0.485. The zero-order valence-electron chi connectivity index (χ0n) is 10.1. The summed E-state index contributed by atoms with van der Waals surface area (Å²) in [5, 5.41) is 0. The minimum absolute atomic E-state index is 0.485. The van der Waals surface area contributed by atoms with Crippen molar-refractivity contribution < 1.29 is 0 Å². The standard InChI is InChI=1S/C12H20BrN3/c1-10(2)16-8-11(13)14-12(16)9-15-6-4-3-5-7-15/h8,10H,3-7,9H2,1-2H3. The number of nitrogens with zero attached hydrogens (tertiary/aromatic N) is 3. The van der Waals surface area contributed by atoms with Crippen molar-refractivity contribution in [3.05, 3.63) is 16.6 Å². The van der Waals surface area contributed by atoms with Crippen molar-refractivity contribution in [2.24, 2.45) is 0 Å². The van der Waals surface area contributed by atoms with E-state index in [9.17, 15) is 0 Å². The first-order valence-electron chi connectivity index (χ1n) is 6.12. The molecule has 0 unspecified atom stereocenters. The van der Waals surface area contributed by atoms with Gasteiger partial charge in [-0.2, -0.15) is 0 Å². The second-order valence-corrected chi connectivity index (χ2v) is 5.63. The highest BCUT2D eigenvalue weighted by Crippen LogP contribution is 2.18. The summed E-state index contributed by atoms with van der Waals surface area (Å²) in [7, 11) is 0. The molecule has 1 saturated heterocycles. The lowest BCUT2D eigenvalue weighted by Crippen LogP contribution is -2.30. The minimum Gasteiger partial charge on any atom is -0.330 e. The number of hydrogen-bond donors (Lipinski definition) is 0. The molecule has 0 radical (unpaired) electrons. The molecule has 16 heavy (non-hydrogen) atoms. The second kappa shape index (κ2) is 5.32. The molecule has 0 spiro atoms. The summed E-state index contributed by atoms with van der Waals surface area (Å²) < 4.78 is 3.21. The van der Waals surface area contributed by atoms with E-state index in [1.165, 1.54) is 38.2 Å². The topological polar surface area (TPSA) is 21.1 Å². The molecule has 0 atom stereocenters. The zero-order chi connectivity index (χ0) is 11.5. The lowest BCUT2D eigenvalue weighted by molar-refractivity contribution is 0.212. The van der Waals surface area contributed by atoms with Crippen LogP contribution >= 0.6 is 15.9 Å². The fourth-order valence-corrected chi connectivity index (χ4v) is 2.71. The number of halogens is 1. The molecule has 90 valence electrons. The van der Waals surface area contributed by atoms with Crippen molar-refractivity contribution in [3.8, 4) is 0 Å². The van der Waals surface area contributed by atoms with Gasteiger partial charge in [0.05, 0.1) is 6.54 Å².